The Balaban J connectivity index is 1.77. The van der Waals surface area contributed by atoms with Crippen LogP contribution in [-0.2, 0) is 28.7 Å². The molecule has 34 heavy (non-hydrogen) atoms. The number of anilines is 1. The minimum Gasteiger partial charge on any atom is -0.446 e. The summed E-state index contributed by atoms with van der Waals surface area (Å²) in [6.45, 7) is 4.27. The molecule has 0 aromatic heterocycles. The molecule has 1 aromatic rings. The highest BCUT2D eigenvalue weighted by atomic mass is 19.1. The molecular formula is C23H26FN3O7. The fourth-order valence-electron chi connectivity index (χ4n) is 3.81. The Hall–Kier alpha value is -3.60. The maximum atomic E-state index is 15.0. The van der Waals surface area contributed by atoms with Gasteiger partial charge in [-0.1, -0.05) is 6.08 Å². The van der Waals surface area contributed by atoms with Gasteiger partial charge in [-0.05, 0) is 37.1 Å². The van der Waals surface area contributed by atoms with Gasteiger partial charge >= 0.3 is 12.1 Å². The van der Waals surface area contributed by atoms with E-state index in [9.17, 15) is 24.0 Å². The third-order valence-electron chi connectivity index (χ3n) is 5.41. The average molecular weight is 475 g/mol. The first-order chi connectivity index (χ1) is 16.1. The number of cyclic esters (lactones) is 1. The Kier molecular flexibility index (Phi) is 7.77. The van der Waals surface area contributed by atoms with Crippen molar-refractivity contribution in [3.8, 4) is 0 Å². The summed E-state index contributed by atoms with van der Waals surface area (Å²) in [5, 5.41) is 5.52. The number of carbonyl (C=O) groups is 5. The van der Waals surface area contributed by atoms with E-state index >= 15 is 4.39 Å². The Labute approximate surface area is 195 Å². The van der Waals surface area contributed by atoms with Gasteiger partial charge in [0.25, 0.3) is 0 Å². The lowest BCUT2D eigenvalue weighted by atomic mass is 9.93. The number of benzene rings is 1. The lowest BCUT2D eigenvalue weighted by Gasteiger charge is -2.25. The van der Waals surface area contributed by atoms with E-state index in [1.165, 1.54) is 30.0 Å². The molecule has 11 heteroatoms. The smallest absolute Gasteiger partial charge is 0.414 e. The number of halogens is 1. The van der Waals surface area contributed by atoms with Gasteiger partial charge in [-0.15, -0.1) is 0 Å². The highest BCUT2D eigenvalue weighted by Crippen LogP contribution is 2.29. The predicted molar refractivity (Wildman–Crippen MR) is 118 cm³/mol. The van der Waals surface area contributed by atoms with Crippen LogP contribution in [0.2, 0.25) is 0 Å². The molecule has 182 valence electrons. The molecular weight excluding hydrogens is 449 g/mol. The first-order valence-corrected chi connectivity index (χ1v) is 10.7. The van der Waals surface area contributed by atoms with E-state index in [-0.39, 0.29) is 24.6 Å². The van der Waals surface area contributed by atoms with Crippen molar-refractivity contribution in [3.63, 3.8) is 0 Å². The second kappa shape index (κ2) is 10.6. The number of hydrogen-bond donors (Lipinski definition) is 2. The molecule has 1 aromatic carbocycles. The lowest BCUT2D eigenvalue weighted by molar-refractivity contribution is -0.158. The van der Waals surface area contributed by atoms with E-state index in [2.05, 4.69) is 10.6 Å². The summed E-state index contributed by atoms with van der Waals surface area (Å²) in [6.07, 6.45) is -0.802. The van der Waals surface area contributed by atoms with Gasteiger partial charge in [-0.25, -0.2) is 9.18 Å². The van der Waals surface area contributed by atoms with Crippen molar-refractivity contribution < 1.29 is 37.8 Å². The van der Waals surface area contributed by atoms with Crippen LogP contribution in [0.5, 0.6) is 0 Å². The molecule has 10 nitrogen and oxygen atoms in total. The number of hydrogen-bond acceptors (Lipinski definition) is 8. The van der Waals surface area contributed by atoms with Crippen LogP contribution in [0.3, 0.4) is 0 Å². The fraction of sp³-hybridized carbons (Fsp3) is 0.435. The zero-order valence-corrected chi connectivity index (χ0v) is 19.1. The van der Waals surface area contributed by atoms with Crippen molar-refractivity contribution >= 4 is 40.8 Å². The minimum absolute atomic E-state index is 0.155. The summed E-state index contributed by atoms with van der Waals surface area (Å²) in [6, 6.07) is 3.34. The second-order valence-corrected chi connectivity index (χ2v) is 8.09. The molecule has 3 atom stereocenters. The van der Waals surface area contributed by atoms with Crippen molar-refractivity contribution in [2.75, 3.05) is 24.5 Å². The van der Waals surface area contributed by atoms with E-state index in [0.29, 0.717) is 24.2 Å². The standard InChI is InChI=1S/C23H26FN3O7/c1-12(28)22(33-14(3)30)21(31)20-8-15(6-7-25-20)18-5-4-16(9-19(18)24)27-11-17(34-23(27)32)10-26-13(2)29/h4-5,8-9,17,20,22,25H,6-7,10-11H2,1-3H3,(H,26,29)/t17-,20?,22?/m0/s1. The first-order valence-electron chi connectivity index (χ1n) is 10.7. The van der Waals surface area contributed by atoms with Crippen LogP contribution in [-0.4, -0.2) is 67.4 Å². The minimum atomic E-state index is -1.54. The van der Waals surface area contributed by atoms with E-state index in [4.69, 9.17) is 9.47 Å². The molecule has 0 saturated carbocycles. The maximum Gasteiger partial charge on any atom is 0.414 e. The van der Waals surface area contributed by atoms with Gasteiger partial charge in [0.05, 0.1) is 24.8 Å². The molecule has 2 amide bonds. The van der Waals surface area contributed by atoms with Crippen molar-refractivity contribution in [2.24, 2.45) is 0 Å². The highest BCUT2D eigenvalue weighted by molar-refractivity contribution is 6.09. The monoisotopic (exact) mass is 475 g/mol. The SMILES string of the molecule is CC(=O)NC[C@H]1CN(c2ccc(C3=CC(C(=O)C(OC(C)=O)C(C)=O)NCC3)c(F)c2)C(=O)O1. The quantitative estimate of drug-likeness (QED) is 0.423. The van der Waals surface area contributed by atoms with Gasteiger partial charge in [0.2, 0.25) is 17.8 Å². The molecule has 2 unspecified atom stereocenters. The van der Waals surface area contributed by atoms with Crippen molar-refractivity contribution in [3.05, 3.63) is 35.7 Å². The van der Waals surface area contributed by atoms with E-state index < -0.39 is 47.7 Å². The van der Waals surface area contributed by atoms with Crippen LogP contribution in [0.4, 0.5) is 14.9 Å². The highest BCUT2D eigenvalue weighted by Gasteiger charge is 2.34. The van der Waals surface area contributed by atoms with Crippen LogP contribution in [0.15, 0.2) is 24.3 Å². The summed E-state index contributed by atoms with van der Waals surface area (Å²) < 4.78 is 25.1. The summed E-state index contributed by atoms with van der Waals surface area (Å²) >= 11 is 0. The Morgan fingerprint density at radius 1 is 1.26 bits per heavy atom. The van der Waals surface area contributed by atoms with Gasteiger partial charge in [0, 0.05) is 26.0 Å². The molecule has 2 aliphatic rings. The van der Waals surface area contributed by atoms with Crippen LogP contribution in [0.1, 0.15) is 32.8 Å². The van der Waals surface area contributed by atoms with Gasteiger partial charge in [-0.2, -0.15) is 0 Å². The molecule has 0 bridgehead atoms. The van der Waals surface area contributed by atoms with Gasteiger partial charge in [0.1, 0.15) is 11.9 Å². The number of ether oxygens (including phenoxy) is 2. The predicted octanol–water partition coefficient (Wildman–Crippen LogP) is 1.12. The zero-order chi connectivity index (χ0) is 25.0. The molecule has 1 saturated heterocycles. The number of ketones is 2. The van der Waals surface area contributed by atoms with Gasteiger partial charge in [-0.3, -0.25) is 24.1 Å². The number of nitrogens with zero attached hydrogens (tertiary/aromatic N) is 1. The number of carbonyl (C=O) groups excluding carboxylic acids is 5. The van der Waals surface area contributed by atoms with Crippen LogP contribution < -0.4 is 15.5 Å². The van der Waals surface area contributed by atoms with Crippen LogP contribution >= 0.6 is 0 Å². The van der Waals surface area contributed by atoms with E-state index in [1.54, 1.807) is 6.07 Å². The lowest BCUT2D eigenvalue weighted by Crippen LogP contribution is -2.47. The van der Waals surface area contributed by atoms with E-state index in [1.807, 2.05) is 0 Å². The number of esters is 1. The van der Waals surface area contributed by atoms with Crippen LogP contribution in [0.25, 0.3) is 5.57 Å². The molecule has 2 N–H and O–H groups in total. The Morgan fingerprint density at radius 3 is 2.62 bits per heavy atom. The first kappa shape index (κ1) is 25.0. The maximum absolute atomic E-state index is 15.0. The second-order valence-electron chi connectivity index (χ2n) is 8.09. The molecule has 0 spiro atoms. The molecule has 0 aliphatic carbocycles. The van der Waals surface area contributed by atoms with Crippen LogP contribution in [0, 0.1) is 5.82 Å². The summed E-state index contributed by atoms with van der Waals surface area (Å²) in [4.78, 5) is 60.3. The molecule has 2 heterocycles. The molecule has 3 rings (SSSR count). The van der Waals surface area contributed by atoms with E-state index in [0.717, 1.165) is 13.8 Å². The topological polar surface area (TPSA) is 131 Å². The molecule has 1 fully saturated rings. The Bertz CT molecular complexity index is 1050. The summed E-state index contributed by atoms with van der Waals surface area (Å²) in [5.41, 5.74) is 1.08. The number of nitrogens with one attached hydrogen (secondary N) is 2. The summed E-state index contributed by atoms with van der Waals surface area (Å²) in [5.74, 6) is -2.85. The molecule has 2 aliphatic heterocycles. The number of rotatable bonds is 8. The van der Waals surface area contributed by atoms with Gasteiger partial charge in [0.15, 0.2) is 5.78 Å². The summed E-state index contributed by atoms with van der Waals surface area (Å²) in [7, 11) is 0. The number of Topliss-reactive ketones (excluding diaryl/α,β-unsaturated/α-hetero) is 2. The third-order valence-corrected chi connectivity index (χ3v) is 5.41. The van der Waals surface area contributed by atoms with Gasteiger partial charge < -0.3 is 20.1 Å². The average Bonchev–Trinajstić information content (AvgIpc) is 3.15. The normalized spacial score (nSPS) is 20.8. The molecule has 0 radical (unpaired) electrons. The number of amides is 2. The Morgan fingerprint density at radius 2 is 2.00 bits per heavy atom. The largest absolute Gasteiger partial charge is 0.446 e. The third kappa shape index (κ3) is 5.84. The fourth-order valence-corrected chi connectivity index (χ4v) is 3.81. The van der Waals surface area contributed by atoms with Crippen molar-refractivity contribution in [1.82, 2.24) is 10.6 Å². The van der Waals surface area contributed by atoms with Crippen molar-refractivity contribution in [2.45, 2.75) is 45.4 Å². The van der Waals surface area contributed by atoms with Crippen molar-refractivity contribution in [1.29, 1.82) is 0 Å². The zero-order valence-electron chi connectivity index (χ0n) is 19.1.